The average molecular weight is 1090 g/mol. The lowest BCUT2D eigenvalue weighted by molar-refractivity contribution is -0.138. The Hall–Kier alpha value is -6.74. The van der Waals surface area contributed by atoms with Gasteiger partial charge < -0.3 is 45.4 Å². The molecule has 0 unspecified atom stereocenters. The van der Waals surface area contributed by atoms with Gasteiger partial charge in [0, 0.05) is 51.4 Å². The zero-order valence-corrected chi connectivity index (χ0v) is 47.3. The molecule has 5 amide bonds. The Morgan fingerprint density at radius 2 is 1.04 bits per heavy atom. The van der Waals surface area contributed by atoms with E-state index in [-0.39, 0.29) is 49.0 Å². The van der Waals surface area contributed by atoms with Crippen LogP contribution in [-0.4, -0.2) is 132 Å². The third-order valence-corrected chi connectivity index (χ3v) is 14.1. The van der Waals surface area contributed by atoms with E-state index < -0.39 is 35.7 Å². The van der Waals surface area contributed by atoms with Gasteiger partial charge in [-0.25, -0.2) is 9.59 Å². The maximum atomic E-state index is 13.9. The number of amides is 5. The summed E-state index contributed by atoms with van der Waals surface area (Å²) in [5.74, 6) is -0.500. The van der Waals surface area contributed by atoms with E-state index in [4.69, 9.17) is 15.2 Å². The summed E-state index contributed by atoms with van der Waals surface area (Å²) in [7, 11) is 2.10. The van der Waals surface area contributed by atoms with Gasteiger partial charge in [-0.2, -0.15) is 0 Å². The molecule has 2 aliphatic rings. The van der Waals surface area contributed by atoms with E-state index >= 15 is 0 Å². The van der Waals surface area contributed by atoms with Crippen LogP contribution in [0, 0.1) is 0 Å². The van der Waals surface area contributed by atoms with Gasteiger partial charge >= 0.3 is 12.2 Å². The molecule has 0 aliphatic carbocycles. The highest BCUT2D eigenvalue weighted by Gasteiger charge is 2.36. The number of nitrogens with zero attached hydrogens (tertiary/aromatic N) is 4. The van der Waals surface area contributed by atoms with E-state index in [9.17, 15) is 24.0 Å². The lowest BCUT2D eigenvalue weighted by atomic mass is 10.0. The number of benzene rings is 5. The van der Waals surface area contributed by atoms with Gasteiger partial charge in [-0.1, -0.05) is 152 Å². The Balaban J connectivity index is 0.000000284. The zero-order valence-electron chi connectivity index (χ0n) is 46.5. The Morgan fingerprint density at radius 3 is 1.54 bits per heavy atom. The van der Waals surface area contributed by atoms with Gasteiger partial charge in [0.25, 0.3) is 0 Å². The minimum atomic E-state index is -0.847. The van der Waals surface area contributed by atoms with Crippen molar-refractivity contribution in [3.05, 3.63) is 179 Å². The molecule has 7 rings (SSSR count). The Morgan fingerprint density at radius 1 is 0.603 bits per heavy atom. The molecule has 0 bridgehead atoms. The van der Waals surface area contributed by atoms with Gasteiger partial charge in [0.2, 0.25) is 17.7 Å². The molecule has 78 heavy (non-hydrogen) atoms. The molecule has 0 aromatic heterocycles. The molecular weight excluding hydrogens is 1000 g/mol. The summed E-state index contributed by atoms with van der Waals surface area (Å²) in [6, 6.07) is 48.2. The van der Waals surface area contributed by atoms with Crippen molar-refractivity contribution in [3.63, 3.8) is 0 Å². The summed E-state index contributed by atoms with van der Waals surface area (Å²) in [4.78, 5) is 73.5. The number of nitrogens with one attached hydrogen (secondary N) is 2. The first-order valence-electron chi connectivity index (χ1n) is 27.6. The summed E-state index contributed by atoms with van der Waals surface area (Å²) in [5.41, 5.74) is 11.4. The maximum Gasteiger partial charge on any atom is 0.410 e. The topological polar surface area (TPSA) is 167 Å². The predicted molar refractivity (Wildman–Crippen MR) is 311 cm³/mol. The molecule has 14 nitrogen and oxygen atoms in total. The van der Waals surface area contributed by atoms with Crippen LogP contribution < -0.4 is 16.4 Å². The van der Waals surface area contributed by atoms with E-state index in [2.05, 4.69) is 71.1 Å². The van der Waals surface area contributed by atoms with Crippen molar-refractivity contribution in [2.75, 3.05) is 46.3 Å². The molecule has 2 fully saturated rings. The number of likely N-dealkylation sites (N-methyl/N-ethyl adjacent to an activating group) is 1. The summed E-state index contributed by atoms with van der Waals surface area (Å²) >= 11 is 0. The normalized spacial score (nSPS) is 16.1. The number of hydrogen-bond donors (Lipinski definition) is 3. The lowest BCUT2D eigenvalue weighted by Gasteiger charge is -2.32. The van der Waals surface area contributed by atoms with Crippen molar-refractivity contribution in [2.24, 2.45) is 5.73 Å². The number of halogens is 1. The molecule has 0 saturated carbocycles. The summed E-state index contributed by atoms with van der Waals surface area (Å²) < 4.78 is 11.0. The Labute approximate surface area is 469 Å². The number of ether oxygens (including phenoxy) is 2. The molecule has 420 valence electrons. The largest absolute Gasteiger partial charge is 0.445 e. The van der Waals surface area contributed by atoms with Crippen molar-refractivity contribution < 1.29 is 33.4 Å². The first-order valence-corrected chi connectivity index (χ1v) is 27.6. The quantitative estimate of drug-likeness (QED) is 0.0578. The fourth-order valence-corrected chi connectivity index (χ4v) is 9.84. The molecule has 5 aromatic rings. The van der Waals surface area contributed by atoms with Crippen molar-refractivity contribution in [3.8, 4) is 0 Å². The molecule has 2 heterocycles. The zero-order chi connectivity index (χ0) is 55.0. The van der Waals surface area contributed by atoms with E-state index in [0.717, 1.165) is 74.7 Å². The van der Waals surface area contributed by atoms with Crippen LogP contribution in [0.3, 0.4) is 0 Å². The van der Waals surface area contributed by atoms with Gasteiger partial charge in [-0.05, 0) is 127 Å². The van der Waals surface area contributed by atoms with Crippen molar-refractivity contribution in [1.82, 2.24) is 30.2 Å². The van der Waals surface area contributed by atoms with Gasteiger partial charge in [-0.3, -0.25) is 14.4 Å². The van der Waals surface area contributed by atoms with Gasteiger partial charge in [0.15, 0.2) is 0 Å². The SMILES string of the molecule is C[C@H](NC(=O)OC(C)(C)C)C(=O)N[C@@H](CCc1ccccc1)C(=O)N1CCC[C@H]1CN(C)CCc1ccccc1.Cl.N[C@@H](CCc1ccccc1)C(=O)N1CCC[C@H]1CN(CCc1ccccc1)C(=O)OCc1ccccc1. The van der Waals surface area contributed by atoms with Crippen LogP contribution in [0.25, 0.3) is 0 Å². The lowest BCUT2D eigenvalue weighted by Crippen LogP contribution is -2.55. The average Bonchev–Trinajstić information content (AvgIpc) is 4.13. The van der Waals surface area contributed by atoms with Gasteiger partial charge in [-0.15, -0.1) is 12.4 Å². The van der Waals surface area contributed by atoms with Crippen molar-refractivity contribution in [2.45, 2.75) is 134 Å². The van der Waals surface area contributed by atoms with Crippen LogP contribution in [0.15, 0.2) is 152 Å². The number of aryl methyl sites for hydroxylation is 2. The fourth-order valence-electron chi connectivity index (χ4n) is 9.84. The molecule has 2 saturated heterocycles. The molecule has 5 atom stereocenters. The van der Waals surface area contributed by atoms with Gasteiger partial charge in [0.1, 0.15) is 24.3 Å². The summed E-state index contributed by atoms with van der Waals surface area (Å²) in [5, 5.41) is 5.52. The van der Waals surface area contributed by atoms with Crippen LogP contribution in [-0.2, 0) is 56.1 Å². The fraction of sp³-hybridized carbons (Fsp3) is 0.444. The number of carbonyl (C=O) groups excluding carboxylic acids is 5. The Bertz CT molecular complexity index is 2560. The van der Waals surface area contributed by atoms with Crippen LogP contribution in [0.2, 0.25) is 0 Å². The van der Waals surface area contributed by atoms with Gasteiger partial charge in [0.05, 0.1) is 6.04 Å². The number of hydrogen-bond acceptors (Lipinski definition) is 9. The van der Waals surface area contributed by atoms with E-state index in [1.54, 1.807) is 32.6 Å². The van der Waals surface area contributed by atoms with Crippen LogP contribution in [0.4, 0.5) is 9.59 Å². The second kappa shape index (κ2) is 32.2. The monoisotopic (exact) mass is 1090 g/mol. The van der Waals surface area contributed by atoms with E-state index in [1.807, 2.05) is 113 Å². The molecule has 0 radical (unpaired) electrons. The van der Waals surface area contributed by atoms with Crippen molar-refractivity contribution >= 4 is 42.3 Å². The molecule has 15 heteroatoms. The number of rotatable bonds is 23. The number of carbonyl (C=O) groups is 5. The summed E-state index contributed by atoms with van der Waals surface area (Å²) in [6.45, 7) is 11.1. The highest BCUT2D eigenvalue weighted by atomic mass is 35.5. The van der Waals surface area contributed by atoms with Crippen LogP contribution >= 0.6 is 12.4 Å². The minimum Gasteiger partial charge on any atom is -0.445 e. The number of likely N-dealkylation sites (tertiary alicyclic amines) is 2. The third-order valence-electron chi connectivity index (χ3n) is 14.1. The predicted octanol–water partition coefficient (Wildman–Crippen LogP) is 9.42. The van der Waals surface area contributed by atoms with Crippen LogP contribution in [0.1, 0.15) is 94.0 Å². The highest BCUT2D eigenvalue weighted by Crippen LogP contribution is 2.23. The second-order valence-electron chi connectivity index (χ2n) is 21.5. The second-order valence-corrected chi connectivity index (χ2v) is 21.5. The summed E-state index contributed by atoms with van der Waals surface area (Å²) in [6.07, 6.45) is 6.79. The first-order chi connectivity index (χ1) is 37.1. The molecule has 2 aliphatic heterocycles. The molecule has 0 spiro atoms. The smallest absolute Gasteiger partial charge is 0.410 e. The molecule has 5 aromatic carbocycles. The molecule has 4 N–H and O–H groups in total. The van der Waals surface area contributed by atoms with Crippen molar-refractivity contribution in [1.29, 1.82) is 0 Å². The highest BCUT2D eigenvalue weighted by molar-refractivity contribution is 5.91. The van der Waals surface area contributed by atoms with Crippen LogP contribution in [0.5, 0.6) is 0 Å². The minimum absolute atomic E-state index is 0. The molecular formula is C63H84ClN7O7. The number of alkyl carbamates (subject to hydrolysis) is 1. The van der Waals surface area contributed by atoms with E-state index in [0.29, 0.717) is 45.4 Å². The standard InChI is InChI=1S/C32H46N4O4.C31H37N3O3.ClH/c1-24(33-31(39)40-32(2,3)4)29(37)34-28(19-18-25-13-8-6-9-14-25)30(38)36-21-12-17-27(36)23-35(5)22-20-26-15-10-7-11-16-26;32-29(19-18-25-11-4-1-5-12-25)30(35)34-21-10-17-28(34)23-33(22-20-26-13-6-2-7-14-26)31(36)37-24-27-15-8-3-9-16-27;/h6-11,13-16,24,27-28H,12,17-23H2,1-5H3,(H,33,39)(H,34,37);1-9,11-16,28-29H,10,17-24,32H2;1H/t24-,27-,28-;28-,29-;/m00./s1. The maximum absolute atomic E-state index is 13.9. The van der Waals surface area contributed by atoms with E-state index in [1.165, 1.54) is 11.1 Å². The number of nitrogens with two attached hydrogens (primary N) is 1. The third kappa shape index (κ3) is 21.2. The Kier molecular flexibility index (Phi) is 25.7. The first kappa shape index (κ1) is 62.1.